The fourth-order valence-electron chi connectivity index (χ4n) is 1.71. The molecule has 0 aliphatic heterocycles. The van der Waals surface area contributed by atoms with Crippen molar-refractivity contribution < 1.29 is 29.2 Å². The van der Waals surface area contributed by atoms with Crippen LogP contribution in [0.3, 0.4) is 0 Å². The predicted molar refractivity (Wildman–Crippen MR) is 68.3 cm³/mol. The van der Waals surface area contributed by atoms with Crippen LogP contribution < -0.4 is 4.74 Å². The van der Waals surface area contributed by atoms with E-state index in [1.807, 2.05) is 0 Å². The molecule has 0 bridgehead atoms. The average Bonchev–Trinajstić information content (AvgIpc) is 2.38. The average molecular weight is 300 g/mol. The number of ether oxygens (including phenoxy) is 2. The third-order valence-corrected chi connectivity index (χ3v) is 2.55. The van der Waals surface area contributed by atoms with Gasteiger partial charge < -0.3 is 14.6 Å². The number of carbonyl (C=O) groups is 1. The maximum Gasteiger partial charge on any atom is 0.325 e. The lowest BCUT2D eigenvalue weighted by Crippen LogP contribution is -2.11. The zero-order chi connectivity index (χ0) is 16.2. The molecule has 1 aromatic carbocycles. The zero-order valence-corrected chi connectivity index (χ0v) is 11.2. The Morgan fingerprint density at radius 3 is 2.38 bits per heavy atom. The van der Waals surface area contributed by atoms with Crippen LogP contribution in [0.4, 0.5) is 11.4 Å². The number of rotatable bonds is 6. The quantitative estimate of drug-likeness (QED) is 0.470. The third kappa shape index (κ3) is 3.35. The van der Waals surface area contributed by atoms with Gasteiger partial charge in [-0.15, -0.1) is 0 Å². The van der Waals surface area contributed by atoms with E-state index >= 15 is 0 Å². The first-order valence-electron chi connectivity index (χ1n) is 5.70. The van der Waals surface area contributed by atoms with Gasteiger partial charge in [-0.05, 0) is 6.92 Å². The van der Waals surface area contributed by atoms with E-state index in [1.54, 1.807) is 0 Å². The van der Waals surface area contributed by atoms with E-state index in [1.165, 1.54) is 6.92 Å². The molecule has 0 saturated carbocycles. The summed E-state index contributed by atoms with van der Waals surface area (Å²) in [7, 11) is 1.09. The first kappa shape index (κ1) is 16.1. The zero-order valence-electron chi connectivity index (χ0n) is 11.2. The number of esters is 1. The molecule has 1 rings (SSSR count). The molecule has 0 spiro atoms. The summed E-state index contributed by atoms with van der Waals surface area (Å²) >= 11 is 0. The molecular weight excluding hydrogens is 288 g/mol. The number of nitrogens with zero attached hydrogens (tertiary/aromatic N) is 2. The number of nitro benzene ring substituents is 2. The van der Waals surface area contributed by atoms with Crippen LogP contribution in [0.1, 0.15) is 12.5 Å². The van der Waals surface area contributed by atoms with Gasteiger partial charge >= 0.3 is 11.7 Å². The lowest BCUT2D eigenvalue weighted by molar-refractivity contribution is -0.396. The van der Waals surface area contributed by atoms with Crippen LogP contribution >= 0.6 is 0 Å². The Bertz CT molecular complexity index is 598. The maximum absolute atomic E-state index is 11.4. The first-order valence-corrected chi connectivity index (χ1v) is 5.70. The highest BCUT2D eigenvalue weighted by Gasteiger charge is 2.34. The molecule has 1 aromatic rings. The van der Waals surface area contributed by atoms with Crippen molar-refractivity contribution in [2.45, 2.75) is 13.3 Å². The summed E-state index contributed by atoms with van der Waals surface area (Å²) in [6, 6.07) is 0.816. The molecule has 0 atom stereocenters. The predicted octanol–water partition coefficient (Wildman–Crippen LogP) is 1.32. The monoisotopic (exact) mass is 300 g/mol. The van der Waals surface area contributed by atoms with Gasteiger partial charge in [-0.25, -0.2) is 0 Å². The normalized spacial score (nSPS) is 10.0. The molecule has 114 valence electrons. The van der Waals surface area contributed by atoms with Crippen molar-refractivity contribution in [3.05, 3.63) is 31.9 Å². The van der Waals surface area contributed by atoms with Gasteiger partial charge in [0.15, 0.2) is 5.75 Å². The minimum atomic E-state index is -1.01. The van der Waals surface area contributed by atoms with Crippen LogP contribution in [-0.2, 0) is 16.0 Å². The van der Waals surface area contributed by atoms with E-state index in [9.17, 15) is 30.1 Å². The van der Waals surface area contributed by atoms with E-state index in [4.69, 9.17) is 0 Å². The smallest absolute Gasteiger partial charge is 0.325 e. The Balaban J connectivity index is 3.56. The maximum atomic E-state index is 11.4. The Hall–Kier alpha value is -2.91. The highest BCUT2D eigenvalue weighted by atomic mass is 16.6. The van der Waals surface area contributed by atoms with Crippen molar-refractivity contribution in [1.82, 2.24) is 0 Å². The minimum Gasteiger partial charge on any atom is -0.500 e. The summed E-state index contributed by atoms with van der Waals surface area (Å²) in [6.07, 6.45) is -0.710. The first-order chi connectivity index (χ1) is 9.83. The summed E-state index contributed by atoms with van der Waals surface area (Å²) < 4.78 is 9.27. The van der Waals surface area contributed by atoms with Crippen molar-refractivity contribution in [1.29, 1.82) is 0 Å². The van der Waals surface area contributed by atoms with E-state index in [2.05, 4.69) is 9.47 Å². The van der Waals surface area contributed by atoms with Gasteiger partial charge in [-0.3, -0.25) is 25.0 Å². The van der Waals surface area contributed by atoms with Crippen molar-refractivity contribution in [2.24, 2.45) is 0 Å². The van der Waals surface area contributed by atoms with Crippen LogP contribution in [0.15, 0.2) is 6.07 Å². The van der Waals surface area contributed by atoms with Crippen molar-refractivity contribution >= 4 is 17.3 Å². The largest absolute Gasteiger partial charge is 0.500 e. The highest BCUT2D eigenvalue weighted by Crippen LogP contribution is 2.44. The molecule has 10 nitrogen and oxygen atoms in total. The second-order valence-electron chi connectivity index (χ2n) is 3.77. The van der Waals surface area contributed by atoms with E-state index < -0.39 is 50.7 Å². The second-order valence-corrected chi connectivity index (χ2v) is 3.77. The standard InChI is InChI=1S/C11H12N2O8/c1-3-21-9(14)4-6-7(12(16)17)5-8(20-2)11(15)10(6)13(18)19/h5,15H,3-4H2,1-2H3. The van der Waals surface area contributed by atoms with E-state index in [0.29, 0.717) is 0 Å². The van der Waals surface area contributed by atoms with Crippen LogP contribution in [0, 0.1) is 20.2 Å². The van der Waals surface area contributed by atoms with Crippen molar-refractivity contribution in [3.63, 3.8) is 0 Å². The molecule has 0 unspecified atom stereocenters. The number of carbonyl (C=O) groups excluding carboxylic acids is 1. The van der Waals surface area contributed by atoms with Gasteiger partial charge in [0, 0.05) is 0 Å². The SMILES string of the molecule is CCOC(=O)Cc1c([N+](=O)[O-])cc(OC)c(O)c1[N+](=O)[O-]. The summed E-state index contributed by atoms with van der Waals surface area (Å²) in [4.78, 5) is 31.6. The van der Waals surface area contributed by atoms with Crippen LogP contribution in [0.25, 0.3) is 0 Å². The third-order valence-electron chi connectivity index (χ3n) is 2.55. The fourth-order valence-corrected chi connectivity index (χ4v) is 1.71. The Morgan fingerprint density at radius 2 is 1.95 bits per heavy atom. The van der Waals surface area contributed by atoms with Gasteiger partial charge in [0.1, 0.15) is 5.56 Å². The Morgan fingerprint density at radius 1 is 1.33 bits per heavy atom. The molecule has 0 saturated heterocycles. The summed E-state index contributed by atoms with van der Waals surface area (Å²) in [5, 5.41) is 31.8. The van der Waals surface area contributed by atoms with Crippen LogP contribution in [-0.4, -0.2) is 34.6 Å². The lowest BCUT2D eigenvalue weighted by atomic mass is 10.1. The highest BCUT2D eigenvalue weighted by molar-refractivity contribution is 5.79. The van der Waals surface area contributed by atoms with Crippen LogP contribution in [0.5, 0.6) is 11.5 Å². The van der Waals surface area contributed by atoms with Gasteiger partial charge in [-0.1, -0.05) is 0 Å². The molecule has 0 radical (unpaired) electrons. The number of phenolic OH excluding ortho intramolecular Hbond substituents is 1. The summed E-state index contributed by atoms with van der Waals surface area (Å²) in [5.41, 5.74) is -2.19. The fraction of sp³-hybridized carbons (Fsp3) is 0.364. The number of hydrogen-bond donors (Lipinski definition) is 1. The van der Waals surface area contributed by atoms with E-state index in [-0.39, 0.29) is 6.61 Å². The Labute approximate surface area is 118 Å². The molecule has 0 aromatic heterocycles. The second kappa shape index (κ2) is 6.50. The van der Waals surface area contributed by atoms with Crippen molar-refractivity contribution in [2.75, 3.05) is 13.7 Å². The van der Waals surface area contributed by atoms with E-state index in [0.717, 1.165) is 13.2 Å². The molecule has 0 amide bonds. The molecule has 1 N–H and O–H groups in total. The number of hydrogen-bond acceptors (Lipinski definition) is 8. The molecule has 0 fully saturated rings. The molecule has 0 aliphatic rings. The lowest BCUT2D eigenvalue weighted by Gasteiger charge is -2.09. The number of methoxy groups -OCH3 is 1. The van der Waals surface area contributed by atoms with Gasteiger partial charge in [0.2, 0.25) is 5.75 Å². The number of phenols is 1. The van der Waals surface area contributed by atoms with Crippen LogP contribution in [0.2, 0.25) is 0 Å². The van der Waals surface area contributed by atoms with Gasteiger partial charge in [-0.2, -0.15) is 0 Å². The molecular formula is C11H12N2O8. The molecule has 0 heterocycles. The minimum absolute atomic E-state index is 0.0164. The summed E-state index contributed by atoms with van der Waals surface area (Å²) in [6.45, 7) is 1.54. The number of benzene rings is 1. The number of nitro groups is 2. The topological polar surface area (TPSA) is 142 Å². The van der Waals surface area contributed by atoms with Crippen molar-refractivity contribution in [3.8, 4) is 11.5 Å². The Kier molecular flexibility index (Phi) is 5.00. The molecule has 0 aliphatic carbocycles. The number of aromatic hydroxyl groups is 1. The van der Waals surface area contributed by atoms with Gasteiger partial charge in [0.05, 0.1) is 36.1 Å². The molecule has 10 heteroatoms. The summed E-state index contributed by atoms with van der Waals surface area (Å²) in [5.74, 6) is -2.19. The molecule has 21 heavy (non-hydrogen) atoms. The van der Waals surface area contributed by atoms with Gasteiger partial charge in [0.25, 0.3) is 5.69 Å².